The van der Waals surface area contributed by atoms with Gasteiger partial charge in [0, 0.05) is 24.3 Å². The minimum Gasteiger partial charge on any atom is -0.356 e. The van der Waals surface area contributed by atoms with Crippen molar-refractivity contribution in [2.75, 3.05) is 5.75 Å². The van der Waals surface area contributed by atoms with Crippen molar-refractivity contribution in [1.29, 1.82) is 0 Å². The maximum absolute atomic E-state index is 13.9. The fraction of sp³-hybridized carbons (Fsp3) is 0.455. The third-order valence-electron chi connectivity index (χ3n) is 6.18. The summed E-state index contributed by atoms with van der Waals surface area (Å²) in [4.78, 5) is 32.1. The Hall–Kier alpha value is -2.75. The van der Waals surface area contributed by atoms with Gasteiger partial charge in [0.1, 0.15) is 17.3 Å². The molecule has 3 heterocycles. The Labute approximate surface area is 187 Å². The molecule has 2 fully saturated rings. The molecule has 3 unspecified atom stereocenters. The van der Waals surface area contributed by atoms with Crippen LogP contribution in [0.4, 0.5) is 8.78 Å². The van der Waals surface area contributed by atoms with Gasteiger partial charge >= 0.3 is 0 Å². The predicted octanol–water partition coefficient (Wildman–Crippen LogP) is 3.50. The van der Waals surface area contributed by atoms with Crippen molar-refractivity contribution in [2.45, 2.75) is 50.7 Å². The molecule has 3 atom stereocenters. The van der Waals surface area contributed by atoms with Gasteiger partial charge in [-0.3, -0.25) is 19.5 Å². The molecular formula is C22H22F2N4O3S. The van der Waals surface area contributed by atoms with Crippen molar-refractivity contribution in [3.8, 4) is 11.3 Å². The van der Waals surface area contributed by atoms with Crippen molar-refractivity contribution in [2.24, 2.45) is 10.9 Å². The SMILES string of the molecule is O=C(CC1CSC2=NC3CCCCC3C(=O)N21)NCc1cc(-c2ccc(F)cc2F)on1. The van der Waals surface area contributed by atoms with Crippen LogP contribution in [-0.2, 0) is 16.1 Å². The highest BCUT2D eigenvalue weighted by atomic mass is 32.2. The zero-order valence-corrected chi connectivity index (χ0v) is 18.0. The lowest BCUT2D eigenvalue weighted by Gasteiger charge is -2.37. The van der Waals surface area contributed by atoms with E-state index >= 15 is 0 Å². The molecule has 3 aliphatic rings. The molecule has 1 N–H and O–H groups in total. The highest BCUT2D eigenvalue weighted by Crippen LogP contribution is 2.38. The van der Waals surface area contributed by atoms with Crippen LogP contribution < -0.4 is 5.32 Å². The lowest BCUT2D eigenvalue weighted by atomic mass is 9.83. The van der Waals surface area contributed by atoms with Gasteiger partial charge in [-0.25, -0.2) is 8.78 Å². The zero-order valence-electron chi connectivity index (χ0n) is 17.2. The predicted molar refractivity (Wildman–Crippen MR) is 115 cm³/mol. The first-order valence-electron chi connectivity index (χ1n) is 10.7. The molecule has 1 saturated carbocycles. The fourth-order valence-electron chi connectivity index (χ4n) is 4.56. The maximum Gasteiger partial charge on any atom is 0.234 e. The van der Waals surface area contributed by atoms with Gasteiger partial charge in [0.25, 0.3) is 0 Å². The molecule has 2 aromatic rings. The second-order valence-electron chi connectivity index (χ2n) is 8.33. The van der Waals surface area contributed by atoms with E-state index in [2.05, 4.69) is 10.5 Å². The second-order valence-corrected chi connectivity index (χ2v) is 9.32. The summed E-state index contributed by atoms with van der Waals surface area (Å²) < 4.78 is 32.1. The number of fused-ring (bicyclic) bond motifs is 2. The van der Waals surface area contributed by atoms with Gasteiger partial charge in [-0.1, -0.05) is 29.8 Å². The van der Waals surface area contributed by atoms with Crippen LogP contribution in [-0.4, -0.2) is 44.9 Å². The molecule has 32 heavy (non-hydrogen) atoms. The van der Waals surface area contributed by atoms with E-state index in [1.54, 1.807) is 4.90 Å². The first-order valence-corrected chi connectivity index (χ1v) is 11.7. The number of halogens is 2. The van der Waals surface area contributed by atoms with Crippen LogP contribution in [0, 0.1) is 17.6 Å². The number of amidine groups is 1. The number of benzene rings is 1. The molecule has 2 amide bonds. The Morgan fingerprint density at radius 2 is 2.09 bits per heavy atom. The highest BCUT2D eigenvalue weighted by molar-refractivity contribution is 8.14. The molecule has 1 aromatic carbocycles. The Morgan fingerprint density at radius 1 is 1.25 bits per heavy atom. The molecule has 168 valence electrons. The average Bonchev–Trinajstić information content (AvgIpc) is 3.40. The van der Waals surface area contributed by atoms with Gasteiger partial charge in [0.2, 0.25) is 11.8 Å². The van der Waals surface area contributed by atoms with E-state index in [1.807, 2.05) is 0 Å². The minimum atomic E-state index is -0.751. The van der Waals surface area contributed by atoms with Crippen molar-refractivity contribution in [1.82, 2.24) is 15.4 Å². The number of aliphatic imine (C=N–C) groups is 1. The number of nitrogens with one attached hydrogen (secondary N) is 1. The number of nitrogens with zero attached hydrogens (tertiary/aromatic N) is 3. The summed E-state index contributed by atoms with van der Waals surface area (Å²) in [7, 11) is 0. The Balaban J connectivity index is 1.19. The van der Waals surface area contributed by atoms with Crippen molar-refractivity contribution in [3.05, 3.63) is 41.6 Å². The Morgan fingerprint density at radius 3 is 2.94 bits per heavy atom. The van der Waals surface area contributed by atoms with E-state index in [4.69, 9.17) is 9.52 Å². The third-order valence-corrected chi connectivity index (χ3v) is 7.29. The number of carbonyl (C=O) groups excluding carboxylic acids is 2. The summed E-state index contributed by atoms with van der Waals surface area (Å²) in [5.74, 6) is -0.798. The maximum atomic E-state index is 13.9. The van der Waals surface area contributed by atoms with E-state index in [1.165, 1.54) is 23.9 Å². The lowest BCUT2D eigenvalue weighted by molar-refractivity contribution is -0.135. The van der Waals surface area contributed by atoms with Crippen molar-refractivity contribution >= 4 is 28.7 Å². The first kappa shape index (κ1) is 21.1. The van der Waals surface area contributed by atoms with E-state index in [-0.39, 0.29) is 54.1 Å². The topological polar surface area (TPSA) is 87.8 Å². The van der Waals surface area contributed by atoms with Gasteiger partial charge in [0.05, 0.1) is 30.1 Å². The number of rotatable bonds is 5. The summed E-state index contributed by atoms with van der Waals surface area (Å²) in [6, 6.07) is 4.57. The number of aromatic nitrogens is 1. The first-order chi connectivity index (χ1) is 15.5. The van der Waals surface area contributed by atoms with E-state index < -0.39 is 11.6 Å². The number of carbonyl (C=O) groups is 2. The molecule has 10 heteroatoms. The number of amides is 2. The Kier molecular flexibility index (Phi) is 5.71. The minimum absolute atomic E-state index is 0.0582. The molecule has 7 nitrogen and oxygen atoms in total. The normalized spacial score (nSPS) is 24.7. The molecule has 0 spiro atoms. The molecule has 0 radical (unpaired) electrons. The lowest BCUT2D eigenvalue weighted by Crippen LogP contribution is -2.51. The molecule has 2 aliphatic heterocycles. The average molecular weight is 461 g/mol. The standard InChI is InChI=1S/C22H22F2N4O3S/c23-12-5-6-15(17(24)7-12)19-8-13(27-31-19)10-25-20(29)9-14-11-32-22-26-18-4-2-1-3-16(18)21(30)28(14)22/h5-8,14,16,18H,1-4,9-11H2,(H,25,29). The molecule has 1 aromatic heterocycles. The smallest absolute Gasteiger partial charge is 0.234 e. The number of hydrogen-bond acceptors (Lipinski definition) is 6. The number of hydrogen-bond donors (Lipinski definition) is 1. The fourth-order valence-corrected chi connectivity index (χ4v) is 5.75. The summed E-state index contributed by atoms with van der Waals surface area (Å²) in [5.41, 5.74) is 0.509. The van der Waals surface area contributed by atoms with Crippen LogP contribution in [0.25, 0.3) is 11.3 Å². The molecule has 1 aliphatic carbocycles. The van der Waals surface area contributed by atoms with Crippen LogP contribution in [0.1, 0.15) is 37.8 Å². The summed E-state index contributed by atoms with van der Waals surface area (Å²) in [6.45, 7) is 0.102. The molecule has 5 rings (SSSR count). The Bertz CT molecular complexity index is 1090. The number of thioether (sulfide) groups is 1. The van der Waals surface area contributed by atoms with Gasteiger partial charge in [-0.15, -0.1) is 0 Å². The van der Waals surface area contributed by atoms with E-state index in [0.29, 0.717) is 11.4 Å². The summed E-state index contributed by atoms with van der Waals surface area (Å²) >= 11 is 1.54. The molecule has 1 saturated heterocycles. The molecule has 0 bridgehead atoms. The van der Waals surface area contributed by atoms with Gasteiger partial charge < -0.3 is 9.84 Å². The monoisotopic (exact) mass is 460 g/mol. The summed E-state index contributed by atoms with van der Waals surface area (Å²) in [5, 5.41) is 7.37. The van der Waals surface area contributed by atoms with E-state index in [0.717, 1.165) is 43.0 Å². The van der Waals surface area contributed by atoms with Crippen LogP contribution >= 0.6 is 11.8 Å². The van der Waals surface area contributed by atoms with Crippen LogP contribution in [0.15, 0.2) is 33.8 Å². The van der Waals surface area contributed by atoms with Crippen molar-refractivity contribution in [3.63, 3.8) is 0 Å². The molecular weight excluding hydrogens is 438 g/mol. The van der Waals surface area contributed by atoms with Crippen LogP contribution in [0.2, 0.25) is 0 Å². The quantitative estimate of drug-likeness (QED) is 0.738. The summed E-state index contributed by atoms with van der Waals surface area (Å²) in [6.07, 6.45) is 4.15. The van der Waals surface area contributed by atoms with Gasteiger partial charge in [-0.05, 0) is 25.0 Å². The van der Waals surface area contributed by atoms with Crippen LogP contribution in [0.5, 0.6) is 0 Å². The van der Waals surface area contributed by atoms with Crippen LogP contribution in [0.3, 0.4) is 0 Å². The van der Waals surface area contributed by atoms with Crippen molar-refractivity contribution < 1.29 is 22.9 Å². The largest absolute Gasteiger partial charge is 0.356 e. The second kappa shape index (κ2) is 8.65. The van der Waals surface area contributed by atoms with Gasteiger partial charge in [-0.2, -0.15) is 0 Å². The highest BCUT2D eigenvalue weighted by Gasteiger charge is 2.45. The third kappa shape index (κ3) is 4.03. The van der Waals surface area contributed by atoms with Gasteiger partial charge in [0.15, 0.2) is 10.9 Å². The zero-order chi connectivity index (χ0) is 22.2. The van der Waals surface area contributed by atoms with E-state index in [9.17, 15) is 18.4 Å².